The van der Waals surface area contributed by atoms with Crippen molar-refractivity contribution in [3.63, 3.8) is 0 Å². The molecule has 1 aliphatic rings. The molecular formula is C11H11F9O4S. The van der Waals surface area contributed by atoms with E-state index < -0.39 is 57.8 Å². The van der Waals surface area contributed by atoms with Crippen molar-refractivity contribution in [2.45, 2.75) is 49.1 Å². The Kier molecular flexibility index (Phi) is 5.18. The summed E-state index contributed by atoms with van der Waals surface area (Å²) >= 11 is 0. The Labute approximate surface area is 135 Å². The zero-order chi connectivity index (χ0) is 20.1. The molecule has 0 aliphatic carbocycles. The highest BCUT2D eigenvalue weighted by atomic mass is 32.2. The van der Waals surface area contributed by atoms with E-state index in [0.29, 0.717) is 0 Å². The highest BCUT2D eigenvalue weighted by Crippen LogP contribution is 2.55. The van der Waals surface area contributed by atoms with Crippen molar-refractivity contribution in [2.24, 2.45) is 0 Å². The predicted octanol–water partition coefficient (Wildman–Crippen LogP) is 3.84. The van der Waals surface area contributed by atoms with Crippen LogP contribution < -0.4 is 0 Å². The molecule has 148 valence electrons. The first-order valence-electron chi connectivity index (χ1n) is 6.26. The average molecular weight is 410 g/mol. The Morgan fingerprint density at radius 1 is 1.00 bits per heavy atom. The molecule has 0 N–H and O–H groups in total. The molecule has 14 heteroatoms. The molecule has 0 aromatic rings. The van der Waals surface area contributed by atoms with Crippen LogP contribution in [-0.2, 0) is 19.0 Å². The van der Waals surface area contributed by atoms with Gasteiger partial charge in [0.25, 0.3) is 0 Å². The van der Waals surface area contributed by atoms with Crippen molar-refractivity contribution in [3.05, 3.63) is 11.8 Å². The highest BCUT2D eigenvalue weighted by Gasteiger charge is 2.86. The average Bonchev–Trinajstić information content (AvgIpc) is 2.34. The number of alkyl halides is 9. The van der Waals surface area contributed by atoms with Gasteiger partial charge in [-0.3, -0.25) is 0 Å². The first kappa shape index (κ1) is 21.9. The number of hydrogen-bond acceptors (Lipinski definition) is 4. The van der Waals surface area contributed by atoms with Crippen LogP contribution in [0.25, 0.3) is 0 Å². The Balaban J connectivity index is 3.25. The summed E-state index contributed by atoms with van der Waals surface area (Å²) in [6.07, 6.45) is -6.93. The third-order valence-electron chi connectivity index (χ3n) is 3.03. The van der Waals surface area contributed by atoms with Crippen LogP contribution in [0.3, 0.4) is 0 Å². The maximum atomic E-state index is 13.5. The van der Waals surface area contributed by atoms with E-state index in [1.807, 2.05) is 0 Å². The molecule has 0 radical (unpaired) electrons. The number of hydrogen-bond donors (Lipinski definition) is 0. The lowest BCUT2D eigenvalue weighted by atomic mass is 10.0. The van der Waals surface area contributed by atoms with E-state index in [0.717, 1.165) is 6.08 Å². The summed E-state index contributed by atoms with van der Waals surface area (Å²) in [5.41, 5.74) is -1.17. The van der Waals surface area contributed by atoms with Gasteiger partial charge in [-0.05, 0) is 19.9 Å². The lowest BCUT2D eigenvalue weighted by molar-refractivity contribution is -0.382. The Hall–Kier alpha value is -1.18. The number of halogens is 9. The highest BCUT2D eigenvalue weighted by molar-refractivity contribution is 7.88. The van der Waals surface area contributed by atoms with Gasteiger partial charge < -0.3 is 8.92 Å². The van der Waals surface area contributed by atoms with E-state index in [4.69, 9.17) is 4.74 Å². The fraction of sp³-hybridized carbons (Fsp3) is 0.818. The van der Waals surface area contributed by atoms with E-state index in [1.165, 1.54) is 13.8 Å². The second-order valence-electron chi connectivity index (χ2n) is 5.62. The summed E-state index contributed by atoms with van der Waals surface area (Å²) in [6, 6.07) is 0. The van der Waals surface area contributed by atoms with Crippen molar-refractivity contribution in [2.75, 3.05) is 6.61 Å². The maximum absolute atomic E-state index is 13.5. The largest absolute Gasteiger partial charge is 0.460 e. The van der Waals surface area contributed by atoms with Crippen LogP contribution >= 0.6 is 0 Å². The third kappa shape index (κ3) is 3.68. The number of rotatable bonds is 5. The summed E-state index contributed by atoms with van der Waals surface area (Å²) < 4.78 is 146. The van der Waals surface area contributed by atoms with Crippen LogP contribution in [0, 0.1) is 0 Å². The lowest BCUT2D eigenvalue weighted by Gasteiger charge is -2.34. The van der Waals surface area contributed by atoms with E-state index in [1.54, 1.807) is 0 Å². The molecular weight excluding hydrogens is 399 g/mol. The van der Waals surface area contributed by atoms with Crippen LogP contribution in [0.15, 0.2) is 11.8 Å². The van der Waals surface area contributed by atoms with Crippen molar-refractivity contribution in [3.8, 4) is 0 Å². The van der Waals surface area contributed by atoms with Gasteiger partial charge in [-0.15, -0.1) is 0 Å². The van der Waals surface area contributed by atoms with Gasteiger partial charge in [0, 0.05) is 6.42 Å². The Bertz CT molecular complexity index is 649. The standard InChI is InChI=1S/C11H11F9O4S/c1-7(2)5-6(3-4-23-7)24-25(21,22)11(19,20)9(14,15)8(12,13)10(16,17)18/h3H,4-5H2,1-2H3. The minimum atomic E-state index is -7.33. The molecule has 0 saturated carbocycles. The molecule has 25 heavy (non-hydrogen) atoms. The molecule has 1 rings (SSSR count). The van der Waals surface area contributed by atoms with Crippen LogP contribution in [0.1, 0.15) is 20.3 Å². The quantitative estimate of drug-likeness (QED) is 0.511. The van der Waals surface area contributed by atoms with Crippen molar-refractivity contribution in [1.82, 2.24) is 0 Å². The van der Waals surface area contributed by atoms with Crippen molar-refractivity contribution >= 4 is 10.1 Å². The second-order valence-corrected chi connectivity index (χ2v) is 7.21. The molecule has 0 fully saturated rings. The SMILES string of the molecule is CC1(C)CC(OS(=O)(=O)C(F)(F)C(F)(F)C(F)(F)C(F)(F)F)=CCO1. The third-order valence-corrected chi connectivity index (χ3v) is 4.35. The second kappa shape index (κ2) is 5.93. The smallest absolute Gasteiger partial charge is 0.383 e. The predicted molar refractivity (Wildman–Crippen MR) is 63.6 cm³/mol. The van der Waals surface area contributed by atoms with Crippen molar-refractivity contribution in [1.29, 1.82) is 0 Å². The number of ether oxygens (including phenoxy) is 1. The van der Waals surface area contributed by atoms with Gasteiger partial charge in [0.2, 0.25) is 0 Å². The molecule has 0 amide bonds. The maximum Gasteiger partial charge on any atom is 0.460 e. The summed E-state index contributed by atoms with van der Waals surface area (Å²) in [7, 11) is -6.90. The van der Waals surface area contributed by atoms with Gasteiger partial charge in [0.1, 0.15) is 5.76 Å². The molecule has 0 unspecified atom stereocenters. The Morgan fingerprint density at radius 2 is 1.48 bits per heavy atom. The molecule has 1 aliphatic heterocycles. The van der Waals surface area contributed by atoms with Gasteiger partial charge in [0.05, 0.1) is 12.2 Å². The molecule has 1 heterocycles. The molecule has 4 nitrogen and oxygen atoms in total. The fourth-order valence-corrected chi connectivity index (χ4v) is 2.63. The van der Waals surface area contributed by atoms with E-state index in [2.05, 4.69) is 4.18 Å². The lowest BCUT2D eigenvalue weighted by Crippen LogP contribution is -2.63. The van der Waals surface area contributed by atoms with Crippen LogP contribution in [-0.4, -0.2) is 43.9 Å². The summed E-state index contributed by atoms with van der Waals surface area (Å²) in [6.45, 7) is 2.28. The minimum Gasteiger partial charge on any atom is -0.383 e. The molecule has 0 atom stereocenters. The monoisotopic (exact) mass is 410 g/mol. The molecule has 0 saturated heterocycles. The van der Waals surface area contributed by atoms with Gasteiger partial charge >= 0.3 is 33.4 Å². The van der Waals surface area contributed by atoms with E-state index in [9.17, 15) is 47.9 Å². The molecule has 0 spiro atoms. The van der Waals surface area contributed by atoms with Gasteiger partial charge in [-0.2, -0.15) is 47.9 Å². The zero-order valence-corrected chi connectivity index (χ0v) is 13.3. The van der Waals surface area contributed by atoms with Gasteiger partial charge in [-0.1, -0.05) is 0 Å². The van der Waals surface area contributed by atoms with Crippen LogP contribution in [0.5, 0.6) is 0 Å². The van der Waals surface area contributed by atoms with Crippen LogP contribution in [0.2, 0.25) is 0 Å². The molecule has 0 aromatic heterocycles. The Morgan fingerprint density at radius 3 is 1.88 bits per heavy atom. The van der Waals surface area contributed by atoms with Crippen molar-refractivity contribution < 1.29 is 56.9 Å². The normalized spacial score (nSPS) is 20.2. The van der Waals surface area contributed by atoms with E-state index >= 15 is 0 Å². The minimum absolute atomic E-state index is 0.390. The topological polar surface area (TPSA) is 52.6 Å². The first-order valence-corrected chi connectivity index (χ1v) is 7.66. The van der Waals surface area contributed by atoms with Gasteiger partial charge in [-0.25, -0.2) is 0 Å². The fourth-order valence-electron chi connectivity index (χ4n) is 1.68. The summed E-state index contributed by atoms with van der Waals surface area (Å²) in [4.78, 5) is 0. The van der Waals surface area contributed by atoms with Gasteiger partial charge in [0.15, 0.2) is 0 Å². The molecule has 0 aromatic carbocycles. The summed E-state index contributed by atoms with van der Waals surface area (Å²) in [5, 5.41) is -6.87. The van der Waals surface area contributed by atoms with Crippen LogP contribution in [0.4, 0.5) is 39.5 Å². The molecule has 0 bridgehead atoms. The zero-order valence-electron chi connectivity index (χ0n) is 12.4. The summed E-state index contributed by atoms with van der Waals surface area (Å²) in [5.74, 6) is -15.5. The first-order chi connectivity index (χ1) is 10.8. The van der Waals surface area contributed by atoms with E-state index in [-0.39, 0.29) is 0 Å².